The molecule has 1 aliphatic carbocycles. The molecule has 3 aromatic heterocycles. The Morgan fingerprint density at radius 2 is 1.23 bits per heavy atom. The molecule has 0 bridgehead atoms. The maximum absolute atomic E-state index is 6.54. The monoisotopic (exact) mass is 679 g/mol. The second kappa shape index (κ2) is 13.0. The van der Waals surface area contributed by atoms with Gasteiger partial charge in [0, 0.05) is 34.2 Å². The Labute approximate surface area is 307 Å². The van der Waals surface area contributed by atoms with Crippen LogP contribution in [0, 0.1) is 0 Å². The highest BCUT2D eigenvalue weighted by molar-refractivity contribution is 6.03. The molecule has 6 aromatic carbocycles. The largest absolute Gasteiger partial charge is 0.454 e. The summed E-state index contributed by atoms with van der Waals surface area (Å²) in [5.41, 5.74) is 13.2. The number of benzene rings is 6. The third kappa shape index (κ3) is 5.81. The highest BCUT2D eigenvalue weighted by atomic mass is 16.3. The summed E-state index contributed by atoms with van der Waals surface area (Å²) in [5, 5.41) is 3.44. The first-order chi connectivity index (χ1) is 26.2. The first kappa shape index (κ1) is 30.9. The van der Waals surface area contributed by atoms with Gasteiger partial charge in [-0.3, -0.25) is 4.98 Å². The Kier molecular flexibility index (Phi) is 7.58. The van der Waals surface area contributed by atoms with E-state index in [1.807, 2.05) is 36.5 Å². The van der Waals surface area contributed by atoms with Gasteiger partial charge in [-0.05, 0) is 87.5 Å². The summed E-state index contributed by atoms with van der Waals surface area (Å²) in [7, 11) is 0. The molecule has 1 unspecified atom stereocenters. The average molecular weight is 680 g/mol. The number of nitrogens with zero attached hydrogens (tertiary/aromatic N) is 3. The van der Waals surface area contributed by atoms with E-state index in [0.717, 1.165) is 78.2 Å². The molecule has 0 saturated heterocycles. The molecule has 0 saturated carbocycles. The lowest BCUT2D eigenvalue weighted by atomic mass is 9.82. The third-order valence-corrected chi connectivity index (χ3v) is 10.3. The number of para-hydroxylation sites is 1. The lowest BCUT2D eigenvalue weighted by Gasteiger charge is -2.23. The van der Waals surface area contributed by atoms with E-state index in [2.05, 4.69) is 146 Å². The van der Waals surface area contributed by atoms with E-state index in [1.54, 1.807) is 0 Å². The van der Waals surface area contributed by atoms with Gasteiger partial charge in [0.05, 0.1) is 11.4 Å². The van der Waals surface area contributed by atoms with Crippen LogP contribution in [0.3, 0.4) is 0 Å². The summed E-state index contributed by atoms with van der Waals surface area (Å²) in [6.07, 6.45) is 7.27. The van der Waals surface area contributed by atoms with Crippen LogP contribution < -0.4 is 0 Å². The Bertz CT molecular complexity index is 2870. The molecular formula is C49H33N3O. The highest BCUT2D eigenvalue weighted by Gasteiger charge is 2.25. The van der Waals surface area contributed by atoms with E-state index in [9.17, 15) is 0 Å². The Morgan fingerprint density at radius 3 is 2.08 bits per heavy atom. The summed E-state index contributed by atoms with van der Waals surface area (Å²) in [4.78, 5) is 15.4. The van der Waals surface area contributed by atoms with Gasteiger partial charge in [0.1, 0.15) is 11.1 Å². The summed E-state index contributed by atoms with van der Waals surface area (Å²) in [6.45, 7) is 0. The molecule has 53 heavy (non-hydrogen) atoms. The Hall–Kier alpha value is -6.91. The molecule has 0 spiro atoms. The van der Waals surface area contributed by atoms with Gasteiger partial charge in [-0.25, -0.2) is 9.97 Å². The van der Waals surface area contributed by atoms with Gasteiger partial charge in [-0.2, -0.15) is 0 Å². The number of allylic oxidation sites excluding steroid dienone is 4. The zero-order valence-electron chi connectivity index (χ0n) is 28.9. The molecule has 4 nitrogen and oxygen atoms in total. The topological polar surface area (TPSA) is 51.8 Å². The van der Waals surface area contributed by atoms with Gasteiger partial charge < -0.3 is 4.42 Å². The fourth-order valence-electron chi connectivity index (χ4n) is 7.61. The van der Waals surface area contributed by atoms with Crippen molar-refractivity contribution in [3.8, 4) is 33.6 Å². The molecule has 9 aromatic rings. The first-order valence-corrected chi connectivity index (χ1v) is 18.0. The maximum Gasteiger partial charge on any atom is 0.157 e. The van der Waals surface area contributed by atoms with Crippen molar-refractivity contribution in [2.45, 2.75) is 12.3 Å². The lowest BCUT2D eigenvalue weighted by molar-refractivity contribution is 0.657. The summed E-state index contributed by atoms with van der Waals surface area (Å²) in [6, 6.07) is 57.1. The molecule has 0 fully saturated rings. The molecule has 250 valence electrons. The van der Waals surface area contributed by atoms with Crippen molar-refractivity contribution >= 4 is 44.0 Å². The summed E-state index contributed by atoms with van der Waals surface area (Å²) < 4.78 is 6.54. The number of hydrogen-bond donors (Lipinski definition) is 0. The van der Waals surface area contributed by atoms with Crippen molar-refractivity contribution in [1.82, 2.24) is 15.0 Å². The van der Waals surface area contributed by atoms with E-state index in [4.69, 9.17) is 19.4 Å². The van der Waals surface area contributed by atoms with Crippen LogP contribution in [-0.4, -0.2) is 15.0 Å². The van der Waals surface area contributed by atoms with E-state index in [0.29, 0.717) is 6.42 Å². The molecule has 10 rings (SSSR count). The van der Waals surface area contributed by atoms with Crippen molar-refractivity contribution in [2.24, 2.45) is 0 Å². The van der Waals surface area contributed by atoms with Gasteiger partial charge in [-0.15, -0.1) is 0 Å². The number of furan rings is 1. The van der Waals surface area contributed by atoms with Gasteiger partial charge in [-0.1, -0.05) is 133 Å². The summed E-state index contributed by atoms with van der Waals surface area (Å²) >= 11 is 0. The van der Waals surface area contributed by atoms with Crippen LogP contribution in [0.5, 0.6) is 0 Å². The lowest BCUT2D eigenvalue weighted by Crippen LogP contribution is -2.08. The van der Waals surface area contributed by atoms with E-state index >= 15 is 0 Å². The predicted molar refractivity (Wildman–Crippen MR) is 217 cm³/mol. The second-order valence-electron chi connectivity index (χ2n) is 13.6. The van der Waals surface area contributed by atoms with Crippen LogP contribution in [0.25, 0.3) is 77.6 Å². The normalized spacial score (nSPS) is 14.4. The van der Waals surface area contributed by atoms with Gasteiger partial charge in [0.2, 0.25) is 0 Å². The van der Waals surface area contributed by atoms with Gasteiger partial charge in [0.25, 0.3) is 0 Å². The van der Waals surface area contributed by atoms with Crippen LogP contribution in [-0.2, 0) is 0 Å². The zero-order chi connectivity index (χ0) is 35.1. The standard InChI is InChI=1S/C49H33N3O/c1-3-12-32(13-4-1)36-18-11-19-38(27-36)45-31-44(34-15-5-2-6-16-34)51-49(52-45)41-29-39(37-23-22-33-14-7-8-17-35(33)26-37)28-40(30-41)42-24-25-50-47-43-20-9-10-21-46(43)53-48(42)47/h1-29,31,40H,30H2. The van der Waals surface area contributed by atoms with Crippen molar-refractivity contribution in [3.05, 3.63) is 199 Å². The van der Waals surface area contributed by atoms with Crippen molar-refractivity contribution in [2.75, 3.05) is 0 Å². The zero-order valence-corrected chi connectivity index (χ0v) is 28.9. The Balaban J connectivity index is 1.16. The SMILES string of the molecule is C1=C(c2ccc3ccccc3c2)C=C(c2nc(-c3ccccc3)cc(-c3cccc(-c4ccccc4)c3)n2)CC1c1ccnc2c1oc1ccccc12. The average Bonchev–Trinajstić information content (AvgIpc) is 3.63. The molecule has 0 N–H and O–H groups in total. The first-order valence-electron chi connectivity index (χ1n) is 18.0. The maximum atomic E-state index is 6.54. The van der Waals surface area contributed by atoms with E-state index < -0.39 is 0 Å². The van der Waals surface area contributed by atoms with Crippen LogP contribution in [0.15, 0.2) is 187 Å². The Morgan fingerprint density at radius 1 is 0.528 bits per heavy atom. The number of hydrogen-bond acceptors (Lipinski definition) is 4. The molecule has 0 amide bonds. The molecule has 4 heteroatoms. The number of fused-ring (bicyclic) bond motifs is 4. The smallest absolute Gasteiger partial charge is 0.157 e. The molecule has 0 radical (unpaired) electrons. The molecule has 1 atom stereocenters. The molecule has 1 aliphatic rings. The minimum Gasteiger partial charge on any atom is -0.454 e. The number of aromatic nitrogens is 3. The number of rotatable bonds is 6. The minimum absolute atomic E-state index is 0.00336. The van der Waals surface area contributed by atoms with Crippen molar-refractivity contribution in [1.29, 1.82) is 0 Å². The molecular weight excluding hydrogens is 647 g/mol. The fourth-order valence-corrected chi connectivity index (χ4v) is 7.61. The third-order valence-electron chi connectivity index (χ3n) is 10.3. The highest BCUT2D eigenvalue weighted by Crippen LogP contribution is 2.43. The fraction of sp³-hybridized carbons (Fsp3) is 0.0408. The van der Waals surface area contributed by atoms with Crippen LogP contribution >= 0.6 is 0 Å². The van der Waals surface area contributed by atoms with E-state index in [-0.39, 0.29) is 5.92 Å². The van der Waals surface area contributed by atoms with Gasteiger partial charge >= 0.3 is 0 Å². The molecule has 0 aliphatic heterocycles. The van der Waals surface area contributed by atoms with Crippen LogP contribution in [0.4, 0.5) is 0 Å². The quantitative estimate of drug-likeness (QED) is 0.175. The summed E-state index contributed by atoms with van der Waals surface area (Å²) in [5.74, 6) is 0.717. The van der Waals surface area contributed by atoms with Gasteiger partial charge in [0.15, 0.2) is 11.4 Å². The minimum atomic E-state index is -0.00336. The second-order valence-corrected chi connectivity index (χ2v) is 13.6. The van der Waals surface area contributed by atoms with Crippen molar-refractivity contribution < 1.29 is 4.42 Å². The number of pyridine rings is 1. The van der Waals surface area contributed by atoms with Crippen LogP contribution in [0.1, 0.15) is 29.3 Å². The predicted octanol–water partition coefficient (Wildman–Crippen LogP) is 12.6. The van der Waals surface area contributed by atoms with Crippen molar-refractivity contribution in [3.63, 3.8) is 0 Å². The molecule has 3 heterocycles. The van der Waals surface area contributed by atoms with Crippen LogP contribution in [0.2, 0.25) is 0 Å². The van der Waals surface area contributed by atoms with E-state index in [1.165, 1.54) is 16.3 Å².